The molecule has 0 fully saturated rings. The van der Waals surface area contributed by atoms with Crippen molar-refractivity contribution in [2.24, 2.45) is 14.1 Å². The molecule has 3 heterocycles. The molecule has 3 aromatic carbocycles. The SMILES string of the molecule is Cc1c2c(cc3c1n(C)c1nc4ccccc4n31)nc(-c1c(C(C)C)cccc1C(C)C)n2C. The molecule has 0 saturated carbocycles. The van der Waals surface area contributed by atoms with Crippen LogP contribution in [0.2, 0.25) is 0 Å². The van der Waals surface area contributed by atoms with Crippen molar-refractivity contribution >= 4 is 38.9 Å². The third-order valence-electron chi connectivity index (χ3n) is 7.36. The lowest BCUT2D eigenvalue weighted by Crippen LogP contribution is -2.04. The van der Waals surface area contributed by atoms with E-state index in [0.29, 0.717) is 11.8 Å². The second-order valence-electron chi connectivity index (χ2n) is 10.1. The normalized spacial score (nSPS) is 12.5. The Hall–Kier alpha value is -3.60. The molecule has 0 saturated heterocycles. The van der Waals surface area contributed by atoms with Crippen LogP contribution in [0.5, 0.6) is 0 Å². The molecule has 3 aromatic heterocycles. The fourth-order valence-electron chi connectivity index (χ4n) is 5.77. The molecule has 0 atom stereocenters. The van der Waals surface area contributed by atoms with Crippen LogP contribution in [0.3, 0.4) is 0 Å². The van der Waals surface area contributed by atoms with Gasteiger partial charge in [0.05, 0.1) is 33.1 Å². The highest BCUT2D eigenvalue weighted by molar-refractivity contribution is 6.01. The molecule has 0 radical (unpaired) electrons. The summed E-state index contributed by atoms with van der Waals surface area (Å²) in [6.07, 6.45) is 0. The van der Waals surface area contributed by atoms with Gasteiger partial charge in [-0.05, 0) is 48.1 Å². The second kappa shape index (κ2) is 7.20. The largest absolute Gasteiger partial charge is 0.327 e. The lowest BCUT2D eigenvalue weighted by atomic mass is 9.88. The van der Waals surface area contributed by atoms with E-state index in [9.17, 15) is 0 Å². The second-order valence-corrected chi connectivity index (χ2v) is 10.1. The van der Waals surface area contributed by atoms with E-state index in [-0.39, 0.29) is 0 Å². The molecular formula is C29H31N5. The number of rotatable bonds is 3. The van der Waals surface area contributed by atoms with Gasteiger partial charge in [0.25, 0.3) is 0 Å². The van der Waals surface area contributed by atoms with Crippen LogP contribution in [0.4, 0.5) is 0 Å². The number of hydrogen-bond acceptors (Lipinski definition) is 2. The van der Waals surface area contributed by atoms with Crippen molar-refractivity contribution in [1.29, 1.82) is 0 Å². The highest BCUT2D eigenvalue weighted by Crippen LogP contribution is 2.39. The van der Waals surface area contributed by atoms with Crippen LogP contribution in [0.15, 0.2) is 48.5 Å². The number of imidazole rings is 3. The Balaban J connectivity index is 1.74. The van der Waals surface area contributed by atoms with Gasteiger partial charge >= 0.3 is 0 Å². The van der Waals surface area contributed by atoms with Gasteiger partial charge in [-0.1, -0.05) is 58.0 Å². The summed E-state index contributed by atoms with van der Waals surface area (Å²) in [5.41, 5.74) is 12.0. The number of para-hydroxylation sites is 2. The maximum Gasteiger partial charge on any atom is 0.215 e. The van der Waals surface area contributed by atoms with Crippen LogP contribution in [0.1, 0.15) is 56.2 Å². The zero-order valence-electron chi connectivity index (χ0n) is 21.0. The van der Waals surface area contributed by atoms with E-state index in [4.69, 9.17) is 9.97 Å². The minimum absolute atomic E-state index is 0.422. The Labute approximate surface area is 199 Å². The quantitative estimate of drug-likeness (QED) is 0.289. The highest BCUT2D eigenvalue weighted by atomic mass is 15.2. The molecule has 34 heavy (non-hydrogen) atoms. The maximum absolute atomic E-state index is 5.28. The van der Waals surface area contributed by atoms with Crippen LogP contribution in [0, 0.1) is 6.92 Å². The van der Waals surface area contributed by atoms with Gasteiger partial charge in [0.2, 0.25) is 5.78 Å². The average molecular weight is 450 g/mol. The van der Waals surface area contributed by atoms with Gasteiger partial charge in [-0.25, -0.2) is 9.97 Å². The third kappa shape index (κ3) is 2.67. The van der Waals surface area contributed by atoms with E-state index in [1.165, 1.54) is 33.3 Å². The van der Waals surface area contributed by atoms with Crippen molar-refractivity contribution in [3.8, 4) is 11.4 Å². The monoisotopic (exact) mass is 449 g/mol. The van der Waals surface area contributed by atoms with E-state index < -0.39 is 0 Å². The summed E-state index contributed by atoms with van der Waals surface area (Å²) in [7, 11) is 4.28. The zero-order chi connectivity index (χ0) is 23.9. The van der Waals surface area contributed by atoms with E-state index in [1.54, 1.807) is 0 Å². The summed E-state index contributed by atoms with van der Waals surface area (Å²) in [6.45, 7) is 11.3. The summed E-state index contributed by atoms with van der Waals surface area (Å²) < 4.78 is 6.79. The minimum Gasteiger partial charge on any atom is -0.327 e. The summed E-state index contributed by atoms with van der Waals surface area (Å²) in [5, 5.41) is 0. The lowest BCUT2D eigenvalue weighted by molar-refractivity contribution is 0.827. The third-order valence-corrected chi connectivity index (χ3v) is 7.36. The standard InChI is InChI=1S/C29H31N5/c1-16(2)19-11-10-12-20(17(3)4)25(19)28-30-22-15-24-27(18(5)26(22)32(28)6)33(7)29-31-21-13-8-9-14-23(21)34(24)29/h8-17H,1-7H3. The van der Waals surface area contributed by atoms with Gasteiger partial charge in [-0.15, -0.1) is 0 Å². The lowest BCUT2D eigenvalue weighted by Gasteiger charge is -2.19. The number of aryl methyl sites for hydroxylation is 3. The van der Waals surface area contributed by atoms with Crippen molar-refractivity contribution in [2.75, 3.05) is 0 Å². The average Bonchev–Trinajstić information content (AvgIpc) is 3.43. The van der Waals surface area contributed by atoms with E-state index >= 15 is 0 Å². The van der Waals surface area contributed by atoms with Gasteiger partial charge in [0, 0.05) is 25.2 Å². The van der Waals surface area contributed by atoms with Crippen molar-refractivity contribution in [1.82, 2.24) is 23.5 Å². The number of aromatic nitrogens is 5. The van der Waals surface area contributed by atoms with E-state index in [2.05, 4.69) is 105 Å². The molecule has 5 nitrogen and oxygen atoms in total. The first-order valence-corrected chi connectivity index (χ1v) is 12.1. The summed E-state index contributed by atoms with van der Waals surface area (Å²) in [6, 6.07) is 17.3. The van der Waals surface area contributed by atoms with Gasteiger partial charge < -0.3 is 9.13 Å². The first kappa shape index (κ1) is 21.0. The molecule has 0 unspecified atom stereocenters. The molecule has 5 heteroatoms. The van der Waals surface area contributed by atoms with Gasteiger partial charge in [-0.2, -0.15) is 0 Å². The van der Waals surface area contributed by atoms with Crippen molar-refractivity contribution in [3.63, 3.8) is 0 Å². The number of benzene rings is 3. The Bertz CT molecular complexity index is 1710. The van der Waals surface area contributed by atoms with Crippen molar-refractivity contribution in [2.45, 2.75) is 46.5 Å². The van der Waals surface area contributed by atoms with Crippen LogP contribution in [0.25, 0.3) is 50.3 Å². The zero-order valence-corrected chi connectivity index (χ0v) is 21.0. The maximum atomic E-state index is 5.28. The topological polar surface area (TPSA) is 40.1 Å². The fraction of sp³-hybridized carbons (Fsp3) is 0.310. The van der Waals surface area contributed by atoms with Gasteiger partial charge in [0.15, 0.2) is 0 Å². The van der Waals surface area contributed by atoms with Crippen molar-refractivity contribution in [3.05, 3.63) is 65.2 Å². The summed E-state index contributed by atoms with van der Waals surface area (Å²) in [4.78, 5) is 10.2. The molecule has 0 amide bonds. The highest BCUT2D eigenvalue weighted by Gasteiger charge is 2.24. The molecule has 172 valence electrons. The predicted molar refractivity (Wildman–Crippen MR) is 142 cm³/mol. The Morgan fingerprint density at radius 1 is 0.706 bits per heavy atom. The molecule has 0 aliphatic rings. The summed E-state index contributed by atoms with van der Waals surface area (Å²) >= 11 is 0. The van der Waals surface area contributed by atoms with E-state index in [0.717, 1.165) is 33.7 Å². The molecule has 6 aromatic rings. The number of nitrogens with zero attached hydrogens (tertiary/aromatic N) is 5. The van der Waals surface area contributed by atoms with Crippen LogP contribution in [-0.4, -0.2) is 23.5 Å². The smallest absolute Gasteiger partial charge is 0.215 e. The molecule has 6 rings (SSSR count). The molecular weight excluding hydrogens is 418 g/mol. The number of hydrogen-bond donors (Lipinski definition) is 0. The van der Waals surface area contributed by atoms with Gasteiger partial charge in [0.1, 0.15) is 5.82 Å². The fourth-order valence-corrected chi connectivity index (χ4v) is 5.77. The summed E-state index contributed by atoms with van der Waals surface area (Å²) in [5.74, 6) is 2.85. The Morgan fingerprint density at radius 2 is 1.38 bits per heavy atom. The molecule has 0 aliphatic carbocycles. The van der Waals surface area contributed by atoms with Crippen LogP contribution >= 0.6 is 0 Å². The molecule has 0 spiro atoms. The first-order chi connectivity index (χ1) is 16.3. The molecule has 0 bridgehead atoms. The Kier molecular flexibility index (Phi) is 4.44. The van der Waals surface area contributed by atoms with E-state index in [1.807, 2.05) is 6.07 Å². The van der Waals surface area contributed by atoms with Crippen LogP contribution in [-0.2, 0) is 14.1 Å². The van der Waals surface area contributed by atoms with Crippen LogP contribution < -0.4 is 0 Å². The molecule has 0 aliphatic heterocycles. The Morgan fingerprint density at radius 3 is 2.06 bits per heavy atom. The molecule has 0 N–H and O–H groups in total. The minimum atomic E-state index is 0.422. The van der Waals surface area contributed by atoms with Gasteiger partial charge in [-0.3, -0.25) is 4.40 Å². The van der Waals surface area contributed by atoms with Crippen molar-refractivity contribution < 1.29 is 0 Å². The predicted octanol–water partition coefficient (Wildman–Crippen LogP) is 7.09. The first-order valence-electron chi connectivity index (χ1n) is 12.1. The number of fused-ring (bicyclic) bond motifs is 6.